The lowest BCUT2D eigenvalue weighted by Gasteiger charge is -2.00. The maximum Gasteiger partial charge on any atom is 0.303 e. The second kappa shape index (κ2) is 18.1. The summed E-state index contributed by atoms with van der Waals surface area (Å²) in [5.41, 5.74) is 0. The molecule has 0 aromatic heterocycles. The zero-order valence-corrected chi connectivity index (χ0v) is 14.7. The van der Waals surface area contributed by atoms with Crippen LogP contribution >= 0.6 is 0 Å². The van der Waals surface area contributed by atoms with Crippen molar-refractivity contribution in [2.24, 2.45) is 0 Å². The fraction of sp³-hybridized carbons (Fsp3) is 0.850. The van der Waals surface area contributed by atoms with Crippen molar-refractivity contribution in [2.45, 2.75) is 110 Å². The van der Waals surface area contributed by atoms with Crippen molar-refractivity contribution in [1.82, 2.24) is 0 Å². The molecule has 0 atom stereocenters. The van der Waals surface area contributed by atoms with E-state index in [2.05, 4.69) is 18.8 Å². The molecule has 0 heterocycles. The summed E-state index contributed by atoms with van der Waals surface area (Å²) in [4.78, 5) is 10.3. The molecule has 0 rings (SSSR count). The average Bonchev–Trinajstić information content (AvgIpc) is 2.50. The van der Waals surface area contributed by atoms with E-state index in [0.29, 0.717) is 6.42 Å². The number of rotatable bonds is 15. The van der Waals surface area contributed by atoms with Gasteiger partial charge in [-0.25, -0.2) is 0 Å². The van der Waals surface area contributed by atoms with Crippen molar-refractivity contribution >= 4 is 5.97 Å². The highest BCUT2D eigenvalue weighted by Gasteiger charge is 1.95. The first-order valence-electron chi connectivity index (χ1n) is 9.45. The molecule has 1 N–H and O–H groups in total. The summed E-state index contributed by atoms with van der Waals surface area (Å²) in [6, 6.07) is 0. The molecule has 2 heteroatoms. The second-order valence-electron chi connectivity index (χ2n) is 6.24. The summed E-state index contributed by atoms with van der Waals surface area (Å²) in [6.45, 7) is 2.27. The Hall–Kier alpha value is -0.970. The number of carboxylic acids is 1. The van der Waals surface area contributed by atoms with Crippen molar-refractivity contribution in [3.05, 3.63) is 0 Å². The van der Waals surface area contributed by atoms with Crippen LogP contribution in [0.1, 0.15) is 110 Å². The van der Waals surface area contributed by atoms with Crippen LogP contribution in [0.4, 0.5) is 0 Å². The lowest BCUT2D eigenvalue weighted by molar-refractivity contribution is -0.137. The van der Waals surface area contributed by atoms with E-state index in [1.165, 1.54) is 64.2 Å². The van der Waals surface area contributed by atoms with E-state index in [0.717, 1.165) is 32.1 Å². The molecule has 0 radical (unpaired) electrons. The standard InChI is InChI=1S/C20H36O2/c1-2-3-4-5-6-7-8-9-10-11-12-13-14-15-16-17-18-19-20(21)22/h2-12,15-19H2,1H3,(H,21,22). The third-order valence-corrected chi connectivity index (χ3v) is 3.97. The van der Waals surface area contributed by atoms with E-state index >= 15 is 0 Å². The average molecular weight is 309 g/mol. The molecular formula is C20H36O2. The molecule has 0 bridgehead atoms. The zero-order valence-electron chi connectivity index (χ0n) is 14.7. The van der Waals surface area contributed by atoms with E-state index in [-0.39, 0.29) is 0 Å². The zero-order chi connectivity index (χ0) is 16.3. The third kappa shape index (κ3) is 19.0. The van der Waals surface area contributed by atoms with Gasteiger partial charge in [-0.1, -0.05) is 71.1 Å². The molecule has 128 valence electrons. The first-order valence-corrected chi connectivity index (χ1v) is 9.45. The Balaban J connectivity index is 3.10. The van der Waals surface area contributed by atoms with Crippen LogP contribution in [-0.4, -0.2) is 11.1 Å². The molecule has 2 nitrogen and oxygen atoms in total. The highest BCUT2D eigenvalue weighted by atomic mass is 16.4. The molecule has 0 aliphatic heterocycles. The first-order chi connectivity index (χ1) is 10.8. The molecule has 0 aromatic rings. The number of unbranched alkanes of at least 4 members (excludes halogenated alkanes) is 13. The van der Waals surface area contributed by atoms with E-state index in [1.54, 1.807) is 0 Å². The smallest absolute Gasteiger partial charge is 0.303 e. The van der Waals surface area contributed by atoms with E-state index in [4.69, 9.17) is 5.11 Å². The van der Waals surface area contributed by atoms with Crippen molar-refractivity contribution in [2.75, 3.05) is 0 Å². The normalized spacial score (nSPS) is 10.2. The van der Waals surface area contributed by atoms with Gasteiger partial charge in [-0.15, -0.1) is 11.8 Å². The summed E-state index contributed by atoms with van der Waals surface area (Å²) in [6.07, 6.45) is 18.8. The van der Waals surface area contributed by atoms with Gasteiger partial charge in [-0.3, -0.25) is 4.79 Å². The number of aliphatic carboxylic acids is 1. The van der Waals surface area contributed by atoms with Crippen LogP contribution in [0.3, 0.4) is 0 Å². The van der Waals surface area contributed by atoms with Gasteiger partial charge in [0.15, 0.2) is 0 Å². The van der Waals surface area contributed by atoms with Crippen LogP contribution in [0.5, 0.6) is 0 Å². The molecule has 0 saturated carbocycles. The maximum atomic E-state index is 10.3. The molecular weight excluding hydrogens is 272 g/mol. The van der Waals surface area contributed by atoms with Crippen LogP contribution < -0.4 is 0 Å². The van der Waals surface area contributed by atoms with Gasteiger partial charge in [0.25, 0.3) is 0 Å². The Morgan fingerprint density at radius 3 is 1.55 bits per heavy atom. The quantitative estimate of drug-likeness (QED) is 0.283. The molecule has 0 aliphatic rings. The van der Waals surface area contributed by atoms with Gasteiger partial charge in [0.05, 0.1) is 0 Å². The number of hydrogen-bond donors (Lipinski definition) is 1. The SMILES string of the molecule is CCCCCCCCCCCCC#CCCCCCC(=O)O. The highest BCUT2D eigenvalue weighted by molar-refractivity contribution is 5.66. The predicted molar refractivity (Wildman–Crippen MR) is 95.0 cm³/mol. The highest BCUT2D eigenvalue weighted by Crippen LogP contribution is 2.11. The molecule has 22 heavy (non-hydrogen) atoms. The van der Waals surface area contributed by atoms with E-state index in [1.807, 2.05) is 0 Å². The summed E-state index contributed by atoms with van der Waals surface area (Å²) in [7, 11) is 0. The van der Waals surface area contributed by atoms with Gasteiger partial charge in [-0.2, -0.15) is 0 Å². The molecule has 0 saturated heterocycles. The lowest BCUT2D eigenvalue weighted by Crippen LogP contribution is -1.93. The Morgan fingerprint density at radius 2 is 1.09 bits per heavy atom. The van der Waals surface area contributed by atoms with Crippen molar-refractivity contribution in [3.8, 4) is 11.8 Å². The van der Waals surface area contributed by atoms with Crippen LogP contribution in [0.15, 0.2) is 0 Å². The topological polar surface area (TPSA) is 37.3 Å². The molecule has 0 fully saturated rings. The molecule has 0 aromatic carbocycles. The second-order valence-corrected chi connectivity index (χ2v) is 6.24. The Kier molecular flexibility index (Phi) is 17.3. The minimum Gasteiger partial charge on any atom is -0.481 e. The monoisotopic (exact) mass is 308 g/mol. The Bertz CT molecular complexity index is 299. The van der Waals surface area contributed by atoms with E-state index < -0.39 is 5.97 Å². The molecule has 0 aliphatic carbocycles. The summed E-state index contributed by atoms with van der Waals surface area (Å²) >= 11 is 0. The van der Waals surface area contributed by atoms with Crippen molar-refractivity contribution in [1.29, 1.82) is 0 Å². The van der Waals surface area contributed by atoms with Crippen LogP contribution in [0.2, 0.25) is 0 Å². The molecule has 0 amide bonds. The number of carboxylic acid groups (broad SMARTS) is 1. The largest absolute Gasteiger partial charge is 0.481 e. The maximum absolute atomic E-state index is 10.3. The van der Waals surface area contributed by atoms with Crippen LogP contribution in [0, 0.1) is 11.8 Å². The fourth-order valence-electron chi connectivity index (χ4n) is 2.54. The predicted octanol–water partition coefficient (Wildman–Crippen LogP) is 6.34. The van der Waals surface area contributed by atoms with Gasteiger partial charge in [-0.05, 0) is 19.3 Å². The minimum absolute atomic E-state index is 0.298. The van der Waals surface area contributed by atoms with Gasteiger partial charge in [0, 0.05) is 19.3 Å². The van der Waals surface area contributed by atoms with Crippen LogP contribution in [0.25, 0.3) is 0 Å². The number of hydrogen-bond acceptors (Lipinski definition) is 1. The Morgan fingerprint density at radius 1 is 0.682 bits per heavy atom. The Labute approximate surface area is 138 Å². The fourth-order valence-corrected chi connectivity index (χ4v) is 2.54. The summed E-state index contributed by atoms with van der Waals surface area (Å²) in [5.74, 6) is 5.76. The van der Waals surface area contributed by atoms with Crippen LogP contribution in [-0.2, 0) is 4.79 Å². The summed E-state index contributed by atoms with van der Waals surface area (Å²) < 4.78 is 0. The molecule has 0 unspecified atom stereocenters. The van der Waals surface area contributed by atoms with E-state index in [9.17, 15) is 4.79 Å². The van der Waals surface area contributed by atoms with Gasteiger partial charge >= 0.3 is 5.97 Å². The van der Waals surface area contributed by atoms with Gasteiger partial charge in [0.2, 0.25) is 0 Å². The van der Waals surface area contributed by atoms with Crippen molar-refractivity contribution in [3.63, 3.8) is 0 Å². The lowest BCUT2D eigenvalue weighted by atomic mass is 10.1. The minimum atomic E-state index is -0.688. The molecule has 0 spiro atoms. The third-order valence-electron chi connectivity index (χ3n) is 3.97. The summed E-state index contributed by atoms with van der Waals surface area (Å²) in [5, 5.41) is 8.51. The van der Waals surface area contributed by atoms with Gasteiger partial charge < -0.3 is 5.11 Å². The van der Waals surface area contributed by atoms with Gasteiger partial charge in [0.1, 0.15) is 0 Å². The first kappa shape index (κ1) is 21.0. The number of carbonyl (C=O) groups is 1. The van der Waals surface area contributed by atoms with Crippen molar-refractivity contribution < 1.29 is 9.90 Å².